The smallest absolute Gasteiger partial charge is 0.255 e. The summed E-state index contributed by atoms with van der Waals surface area (Å²) in [6.45, 7) is 0.642. The van der Waals surface area contributed by atoms with Gasteiger partial charge in [0.15, 0.2) is 0 Å². The molecule has 112 valence electrons. The second-order valence-corrected chi connectivity index (χ2v) is 5.87. The van der Waals surface area contributed by atoms with E-state index >= 15 is 0 Å². The lowest BCUT2D eigenvalue weighted by Gasteiger charge is -2.35. The molecular formula is C15H20N4O2. The molecule has 2 N–H and O–H groups in total. The van der Waals surface area contributed by atoms with Crippen molar-refractivity contribution in [3.63, 3.8) is 0 Å². The molecule has 0 radical (unpaired) electrons. The number of rotatable bonds is 4. The van der Waals surface area contributed by atoms with E-state index in [1.54, 1.807) is 29.3 Å². The van der Waals surface area contributed by atoms with Gasteiger partial charge in [0.05, 0.1) is 30.1 Å². The highest BCUT2D eigenvalue weighted by Gasteiger charge is 2.32. The summed E-state index contributed by atoms with van der Waals surface area (Å²) in [6, 6.07) is 0. The molecule has 0 unspecified atom stereocenters. The Bertz CT molecular complexity index is 631. The fourth-order valence-corrected chi connectivity index (χ4v) is 3.06. The predicted molar refractivity (Wildman–Crippen MR) is 77.9 cm³/mol. The average molecular weight is 288 g/mol. The summed E-state index contributed by atoms with van der Waals surface area (Å²) in [5, 5.41) is 16.8. The monoisotopic (exact) mass is 288 g/mol. The van der Waals surface area contributed by atoms with Gasteiger partial charge >= 0.3 is 0 Å². The summed E-state index contributed by atoms with van der Waals surface area (Å²) < 4.78 is 1.63. The second-order valence-electron chi connectivity index (χ2n) is 5.87. The number of fused-ring (bicyclic) bond motifs is 1. The maximum atomic E-state index is 12.3. The van der Waals surface area contributed by atoms with Gasteiger partial charge in [-0.2, -0.15) is 5.10 Å². The Morgan fingerprint density at radius 3 is 2.90 bits per heavy atom. The van der Waals surface area contributed by atoms with Gasteiger partial charge in [-0.15, -0.1) is 0 Å². The molecule has 1 aliphatic carbocycles. The van der Waals surface area contributed by atoms with Crippen molar-refractivity contribution in [3.05, 3.63) is 30.4 Å². The van der Waals surface area contributed by atoms with Crippen LogP contribution in [0.4, 0.5) is 0 Å². The molecule has 3 rings (SSSR count). The molecule has 0 atom stereocenters. The summed E-state index contributed by atoms with van der Waals surface area (Å²) in [5.41, 5.74) is 1.05. The van der Waals surface area contributed by atoms with Crippen LogP contribution in [0, 0.1) is 5.41 Å². The van der Waals surface area contributed by atoms with E-state index in [9.17, 15) is 9.90 Å². The van der Waals surface area contributed by atoms with E-state index in [1.807, 2.05) is 0 Å². The lowest BCUT2D eigenvalue weighted by Crippen LogP contribution is -2.41. The van der Waals surface area contributed by atoms with Gasteiger partial charge in [-0.25, -0.2) is 4.52 Å². The molecule has 2 aromatic rings. The number of aliphatic hydroxyl groups is 1. The SMILES string of the molecule is O=C(NCC1(CO)CCCCC1)c1cnn2ccncc12. The molecule has 0 aromatic carbocycles. The number of carbonyl (C=O) groups excluding carboxylic acids is 1. The normalized spacial score (nSPS) is 17.8. The highest BCUT2D eigenvalue weighted by molar-refractivity contribution is 6.00. The van der Waals surface area contributed by atoms with Gasteiger partial charge in [0.2, 0.25) is 0 Å². The number of carbonyl (C=O) groups is 1. The van der Waals surface area contributed by atoms with Crippen molar-refractivity contribution in [1.82, 2.24) is 19.9 Å². The first kappa shape index (κ1) is 14.0. The van der Waals surface area contributed by atoms with Crippen molar-refractivity contribution in [3.8, 4) is 0 Å². The summed E-state index contributed by atoms with van der Waals surface area (Å²) >= 11 is 0. The minimum absolute atomic E-state index is 0.129. The maximum absolute atomic E-state index is 12.3. The van der Waals surface area contributed by atoms with Gasteiger partial charge in [0.25, 0.3) is 5.91 Å². The van der Waals surface area contributed by atoms with Gasteiger partial charge in [-0.3, -0.25) is 9.78 Å². The summed E-state index contributed by atoms with van der Waals surface area (Å²) in [7, 11) is 0. The molecule has 1 aliphatic rings. The molecule has 0 spiro atoms. The molecule has 6 nitrogen and oxygen atoms in total. The minimum Gasteiger partial charge on any atom is -0.396 e. The number of nitrogens with zero attached hydrogens (tertiary/aromatic N) is 3. The predicted octanol–water partition coefficient (Wildman–Crippen LogP) is 1.40. The fourth-order valence-electron chi connectivity index (χ4n) is 3.06. The number of hydrogen-bond donors (Lipinski definition) is 2. The highest BCUT2D eigenvalue weighted by atomic mass is 16.3. The Kier molecular flexibility index (Phi) is 3.88. The van der Waals surface area contributed by atoms with Crippen LogP contribution < -0.4 is 5.32 Å². The van der Waals surface area contributed by atoms with Gasteiger partial charge in [0.1, 0.15) is 0 Å². The topological polar surface area (TPSA) is 79.5 Å². The molecule has 0 bridgehead atoms. The maximum Gasteiger partial charge on any atom is 0.255 e. The molecule has 6 heteroatoms. The van der Waals surface area contributed by atoms with Crippen LogP contribution in [0.3, 0.4) is 0 Å². The Morgan fingerprint density at radius 2 is 2.14 bits per heavy atom. The summed E-state index contributed by atoms with van der Waals surface area (Å²) in [6.07, 6.45) is 11.9. The first-order chi connectivity index (χ1) is 10.2. The van der Waals surface area contributed by atoms with Crippen LogP contribution >= 0.6 is 0 Å². The summed E-state index contributed by atoms with van der Waals surface area (Å²) in [4.78, 5) is 16.4. The van der Waals surface area contributed by atoms with E-state index in [-0.39, 0.29) is 17.9 Å². The van der Waals surface area contributed by atoms with E-state index in [2.05, 4.69) is 15.4 Å². The zero-order chi connectivity index (χ0) is 14.7. The van der Waals surface area contributed by atoms with Crippen molar-refractivity contribution >= 4 is 11.4 Å². The Hall–Kier alpha value is -1.95. The summed E-state index contributed by atoms with van der Waals surface area (Å²) in [5.74, 6) is -0.156. The molecule has 1 fully saturated rings. The third kappa shape index (κ3) is 2.76. The molecule has 0 aliphatic heterocycles. The quantitative estimate of drug-likeness (QED) is 0.891. The number of nitrogens with one attached hydrogen (secondary N) is 1. The van der Waals surface area contributed by atoms with E-state index in [4.69, 9.17) is 0 Å². The molecule has 0 saturated heterocycles. The van der Waals surface area contributed by atoms with Crippen LogP contribution in [0.25, 0.3) is 5.52 Å². The van der Waals surface area contributed by atoms with Crippen molar-refractivity contribution in [1.29, 1.82) is 0 Å². The van der Waals surface area contributed by atoms with E-state index in [0.717, 1.165) is 25.7 Å². The van der Waals surface area contributed by atoms with E-state index < -0.39 is 0 Å². The zero-order valence-electron chi connectivity index (χ0n) is 12.0. The Labute approximate surface area is 123 Å². The van der Waals surface area contributed by atoms with Crippen LogP contribution in [-0.4, -0.2) is 38.8 Å². The van der Waals surface area contributed by atoms with Crippen molar-refractivity contribution in [2.75, 3.05) is 13.2 Å². The van der Waals surface area contributed by atoms with Crippen LogP contribution in [0.15, 0.2) is 24.8 Å². The van der Waals surface area contributed by atoms with Crippen molar-refractivity contribution < 1.29 is 9.90 Å². The van der Waals surface area contributed by atoms with Gasteiger partial charge in [-0.05, 0) is 12.8 Å². The minimum atomic E-state index is -0.158. The average Bonchev–Trinajstić information content (AvgIpc) is 2.98. The zero-order valence-corrected chi connectivity index (χ0v) is 12.0. The molecule has 2 aromatic heterocycles. The second kappa shape index (κ2) is 5.81. The van der Waals surface area contributed by atoms with Gasteiger partial charge in [0, 0.05) is 24.4 Å². The van der Waals surface area contributed by atoms with E-state index in [1.165, 1.54) is 6.42 Å². The van der Waals surface area contributed by atoms with Crippen LogP contribution in [0.1, 0.15) is 42.5 Å². The molecule has 2 heterocycles. The first-order valence-electron chi connectivity index (χ1n) is 7.41. The Balaban J connectivity index is 1.71. The third-order valence-corrected chi connectivity index (χ3v) is 4.44. The van der Waals surface area contributed by atoms with Gasteiger partial charge in [-0.1, -0.05) is 19.3 Å². The molecule has 1 saturated carbocycles. The lowest BCUT2D eigenvalue weighted by molar-refractivity contribution is 0.0719. The number of amides is 1. The number of hydrogen-bond acceptors (Lipinski definition) is 4. The number of aliphatic hydroxyl groups excluding tert-OH is 1. The van der Waals surface area contributed by atoms with Gasteiger partial charge < -0.3 is 10.4 Å². The van der Waals surface area contributed by atoms with Crippen LogP contribution in [0.2, 0.25) is 0 Å². The Morgan fingerprint density at radius 1 is 1.33 bits per heavy atom. The molecule has 21 heavy (non-hydrogen) atoms. The fraction of sp³-hybridized carbons (Fsp3) is 0.533. The standard InChI is InChI=1S/C15H20N4O2/c20-11-15(4-2-1-3-5-15)10-17-14(21)12-8-18-19-7-6-16-9-13(12)19/h6-9,20H,1-5,10-11H2,(H,17,21). The van der Waals surface area contributed by atoms with Crippen LogP contribution in [0.5, 0.6) is 0 Å². The first-order valence-corrected chi connectivity index (χ1v) is 7.41. The van der Waals surface area contributed by atoms with Crippen molar-refractivity contribution in [2.24, 2.45) is 5.41 Å². The number of aromatic nitrogens is 3. The van der Waals surface area contributed by atoms with E-state index in [0.29, 0.717) is 17.6 Å². The molecular weight excluding hydrogens is 268 g/mol. The van der Waals surface area contributed by atoms with Crippen LogP contribution in [-0.2, 0) is 0 Å². The van der Waals surface area contributed by atoms with Crippen molar-refractivity contribution in [2.45, 2.75) is 32.1 Å². The lowest BCUT2D eigenvalue weighted by atomic mass is 9.74. The molecule has 1 amide bonds. The highest BCUT2D eigenvalue weighted by Crippen LogP contribution is 2.35. The largest absolute Gasteiger partial charge is 0.396 e. The third-order valence-electron chi connectivity index (χ3n) is 4.44.